The van der Waals surface area contributed by atoms with E-state index in [-0.39, 0.29) is 17.7 Å². The van der Waals surface area contributed by atoms with Gasteiger partial charge >= 0.3 is 0 Å². The van der Waals surface area contributed by atoms with Crippen LogP contribution in [0.5, 0.6) is 17.4 Å². The van der Waals surface area contributed by atoms with Crippen LogP contribution in [0, 0.1) is 11.3 Å². The van der Waals surface area contributed by atoms with Gasteiger partial charge in [-0.05, 0) is 30.0 Å². The lowest BCUT2D eigenvalue weighted by Gasteiger charge is -2.25. The summed E-state index contributed by atoms with van der Waals surface area (Å²) >= 11 is 0. The molecule has 3 rings (SSSR count). The van der Waals surface area contributed by atoms with Gasteiger partial charge < -0.3 is 19.9 Å². The Hall–Kier alpha value is -3.14. The number of benzene rings is 1. The Morgan fingerprint density at radius 1 is 1.36 bits per heavy atom. The van der Waals surface area contributed by atoms with Crippen molar-refractivity contribution in [3.8, 4) is 23.4 Å². The zero-order valence-electron chi connectivity index (χ0n) is 16.7. The van der Waals surface area contributed by atoms with E-state index in [0.717, 1.165) is 29.7 Å². The Labute approximate surface area is 165 Å². The van der Waals surface area contributed by atoms with Crippen LogP contribution in [0.25, 0.3) is 0 Å². The van der Waals surface area contributed by atoms with E-state index in [1.807, 2.05) is 18.2 Å². The number of fused-ring (bicyclic) bond motifs is 1. The van der Waals surface area contributed by atoms with E-state index < -0.39 is 0 Å². The normalized spacial score (nSPS) is 15.8. The third-order valence-electron chi connectivity index (χ3n) is 4.82. The fourth-order valence-electron chi connectivity index (χ4n) is 3.35. The maximum atomic E-state index is 9.76. The van der Waals surface area contributed by atoms with Crippen LogP contribution in [0.3, 0.4) is 0 Å². The standard InChI is InChI=1S/C21H26N4O3/c1-5-6-9-27-15-8-7-13(10-16(15)26-4)17-14(11-22)20(23)28-21-18(17)19(12(2)3)24-25-21/h7-8,10,12,17H,5-6,9,23H2,1-4H3,(H,24,25)/t17-/m1/s1. The molecule has 1 aliphatic rings. The van der Waals surface area contributed by atoms with E-state index in [4.69, 9.17) is 19.9 Å². The number of aromatic amines is 1. The van der Waals surface area contributed by atoms with Crippen LogP contribution in [0.1, 0.15) is 62.3 Å². The highest BCUT2D eigenvalue weighted by atomic mass is 16.5. The molecule has 7 nitrogen and oxygen atoms in total. The van der Waals surface area contributed by atoms with Crippen LogP contribution in [0.2, 0.25) is 0 Å². The topological polar surface area (TPSA) is 106 Å². The van der Waals surface area contributed by atoms with Crippen molar-refractivity contribution >= 4 is 0 Å². The molecule has 0 amide bonds. The van der Waals surface area contributed by atoms with Gasteiger partial charge in [-0.3, -0.25) is 5.10 Å². The lowest BCUT2D eigenvalue weighted by atomic mass is 9.82. The van der Waals surface area contributed by atoms with Crippen LogP contribution in [-0.2, 0) is 0 Å². The van der Waals surface area contributed by atoms with E-state index in [9.17, 15) is 5.26 Å². The fraction of sp³-hybridized carbons (Fsp3) is 0.429. The summed E-state index contributed by atoms with van der Waals surface area (Å²) in [6.45, 7) is 6.86. The number of unbranched alkanes of at least 4 members (excludes halogenated alkanes) is 1. The summed E-state index contributed by atoms with van der Waals surface area (Å²) in [5.74, 6) is 1.57. The molecule has 0 saturated heterocycles. The van der Waals surface area contributed by atoms with E-state index in [2.05, 4.69) is 37.0 Å². The number of allylic oxidation sites excluding steroid dienone is 1. The van der Waals surface area contributed by atoms with E-state index in [0.29, 0.717) is 29.6 Å². The van der Waals surface area contributed by atoms with Crippen LogP contribution < -0.4 is 19.9 Å². The highest BCUT2D eigenvalue weighted by Crippen LogP contribution is 2.45. The monoisotopic (exact) mass is 382 g/mol. The van der Waals surface area contributed by atoms with Crippen molar-refractivity contribution in [3.05, 3.63) is 46.5 Å². The maximum Gasteiger partial charge on any atom is 0.244 e. The molecule has 1 atom stereocenters. The van der Waals surface area contributed by atoms with Gasteiger partial charge in [-0.25, -0.2) is 0 Å². The lowest BCUT2D eigenvalue weighted by Crippen LogP contribution is -2.21. The second kappa shape index (κ2) is 8.26. The Balaban J connectivity index is 2.09. The van der Waals surface area contributed by atoms with E-state index in [1.165, 1.54) is 0 Å². The molecule has 2 heterocycles. The van der Waals surface area contributed by atoms with Gasteiger partial charge in [-0.1, -0.05) is 33.3 Å². The molecule has 0 bridgehead atoms. The molecule has 0 aliphatic carbocycles. The van der Waals surface area contributed by atoms with Crippen molar-refractivity contribution in [2.24, 2.45) is 5.73 Å². The summed E-state index contributed by atoms with van der Waals surface area (Å²) < 4.78 is 17.0. The van der Waals surface area contributed by atoms with Crippen molar-refractivity contribution in [2.45, 2.75) is 45.4 Å². The van der Waals surface area contributed by atoms with Crippen LogP contribution in [0.15, 0.2) is 29.7 Å². The van der Waals surface area contributed by atoms with E-state index >= 15 is 0 Å². The first-order valence-electron chi connectivity index (χ1n) is 9.48. The summed E-state index contributed by atoms with van der Waals surface area (Å²) in [6.07, 6.45) is 2.03. The summed E-state index contributed by atoms with van der Waals surface area (Å²) in [4.78, 5) is 0. The van der Waals surface area contributed by atoms with Gasteiger partial charge in [-0.15, -0.1) is 5.10 Å². The average Bonchev–Trinajstić information content (AvgIpc) is 3.10. The number of nitriles is 1. The number of nitrogens with zero attached hydrogens (tertiary/aromatic N) is 2. The number of hydrogen-bond donors (Lipinski definition) is 2. The SMILES string of the molecule is CCCCOc1ccc([C@@H]2C(C#N)=C(N)Oc3n[nH]c(C(C)C)c32)cc1OC. The number of nitrogens with two attached hydrogens (primary N) is 1. The number of H-pyrrole nitrogens is 1. The first kappa shape index (κ1) is 19.6. The Kier molecular flexibility index (Phi) is 5.78. The van der Waals surface area contributed by atoms with Gasteiger partial charge in [0.1, 0.15) is 11.6 Å². The van der Waals surface area contributed by atoms with Crippen molar-refractivity contribution < 1.29 is 14.2 Å². The van der Waals surface area contributed by atoms with Gasteiger partial charge in [0.2, 0.25) is 11.8 Å². The Bertz CT molecular complexity index is 924. The minimum atomic E-state index is -0.386. The highest BCUT2D eigenvalue weighted by Gasteiger charge is 2.36. The van der Waals surface area contributed by atoms with Crippen LogP contribution in [0.4, 0.5) is 0 Å². The molecule has 0 fully saturated rings. The fourth-order valence-corrected chi connectivity index (χ4v) is 3.35. The summed E-state index contributed by atoms with van der Waals surface area (Å²) in [7, 11) is 1.61. The first-order chi connectivity index (χ1) is 13.5. The zero-order chi connectivity index (χ0) is 20.3. The van der Waals surface area contributed by atoms with Crippen LogP contribution >= 0.6 is 0 Å². The number of nitrogens with one attached hydrogen (secondary N) is 1. The largest absolute Gasteiger partial charge is 0.493 e. The third kappa shape index (κ3) is 3.50. The van der Waals surface area contributed by atoms with Crippen molar-refractivity contribution in [1.29, 1.82) is 5.26 Å². The Morgan fingerprint density at radius 2 is 2.14 bits per heavy atom. The molecule has 7 heteroatoms. The maximum absolute atomic E-state index is 9.76. The van der Waals surface area contributed by atoms with Gasteiger partial charge in [-0.2, -0.15) is 5.26 Å². The molecule has 0 spiro atoms. The molecule has 28 heavy (non-hydrogen) atoms. The smallest absolute Gasteiger partial charge is 0.244 e. The van der Waals surface area contributed by atoms with Gasteiger partial charge in [0.15, 0.2) is 11.5 Å². The predicted molar refractivity (Wildman–Crippen MR) is 105 cm³/mol. The molecule has 0 unspecified atom stereocenters. The second-order valence-electron chi connectivity index (χ2n) is 7.05. The first-order valence-corrected chi connectivity index (χ1v) is 9.48. The molecule has 3 N–H and O–H groups in total. The third-order valence-corrected chi connectivity index (χ3v) is 4.82. The molecule has 1 aliphatic heterocycles. The van der Waals surface area contributed by atoms with Gasteiger partial charge in [0.25, 0.3) is 0 Å². The van der Waals surface area contributed by atoms with E-state index in [1.54, 1.807) is 7.11 Å². The minimum absolute atomic E-state index is 0.0732. The lowest BCUT2D eigenvalue weighted by molar-refractivity contribution is 0.288. The Morgan fingerprint density at radius 3 is 2.79 bits per heavy atom. The summed E-state index contributed by atoms with van der Waals surface area (Å²) in [5, 5.41) is 17.0. The average molecular weight is 382 g/mol. The molecule has 0 radical (unpaired) electrons. The second-order valence-corrected chi connectivity index (χ2v) is 7.05. The van der Waals surface area contributed by atoms with Crippen molar-refractivity contribution in [2.75, 3.05) is 13.7 Å². The van der Waals surface area contributed by atoms with Crippen molar-refractivity contribution in [1.82, 2.24) is 10.2 Å². The number of aromatic nitrogens is 2. The number of hydrogen-bond acceptors (Lipinski definition) is 6. The minimum Gasteiger partial charge on any atom is -0.493 e. The van der Waals surface area contributed by atoms with Gasteiger partial charge in [0.05, 0.1) is 25.2 Å². The highest BCUT2D eigenvalue weighted by molar-refractivity contribution is 5.57. The molecular formula is C21H26N4O3. The quantitative estimate of drug-likeness (QED) is 0.703. The number of ether oxygens (including phenoxy) is 3. The summed E-state index contributed by atoms with van der Waals surface area (Å²) in [6, 6.07) is 7.91. The number of rotatable bonds is 7. The zero-order valence-corrected chi connectivity index (χ0v) is 16.7. The molecule has 1 aromatic heterocycles. The molecule has 2 aromatic rings. The number of methoxy groups -OCH3 is 1. The molecule has 148 valence electrons. The van der Waals surface area contributed by atoms with Crippen LogP contribution in [-0.4, -0.2) is 23.9 Å². The molecular weight excluding hydrogens is 356 g/mol. The molecule has 0 saturated carbocycles. The van der Waals surface area contributed by atoms with Gasteiger partial charge in [0, 0.05) is 5.69 Å². The summed E-state index contributed by atoms with van der Waals surface area (Å²) in [5.41, 5.74) is 9.01. The predicted octanol–water partition coefficient (Wildman–Crippen LogP) is 3.94. The molecule has 1 aromatic carbocycles. The van der Waals surface area contributed by atoms with Crippen molar-refractivity contribution in [3.63, 3.8) is 0 Å².